The van der Waals surface area contributed by atoms with Gasteiger partial charge in [-0.1, -0.05) is 13.8 Å². The third kappa shape index (κ3) is 2.42. The van der Waals surface area contributed by atoms with Gasteiger partial charge in [-0.3, -0.25) is 4.68 Å². The van der Waals surface area contributed by atoms with E-state index in [1.807, 2.05) is 20.2 Å². The average molecular weight is 326 g/mol. The maximum Gasteiger partial charge on any atom is 0.163 e. The summed E-state index contributed by atoms with van der Waals surface area (Å²) in [5.41, 5.74) is 0.855. The van der Waals surface area contributed by atoms with Crippen LogP contribution < -0.4 is 5.32 Å². The summed E-state index contributed by atoms with van der Waals surface area (Å²) in [6.07, 6.45) is 3.77. The quantitative estimate of drug-likeness (QED) is 0.790. The molecule has 0 bridgehead atoms. The van der Waals surface area contributed by atoms with Crippen molar-refractivity contribution in [3.8, 4) is 0 Å². The van der Waals surface area contributed by atoms with Gasteiger partial charge in [0.15, 0.2) is 5.65 Å². The molecule has 1 aliphatic heterocycles. The Hall–Kier alpha value is -2.51. The highest BCUT2D eigenvalue weighted by Gasteiger charge is 2.25. The van der Waals surface area contributed by atoms with E-state index in [1.165, 1.54) is 0 Å². The molecule has 0 saturated carbocycles. The predicted molar refractivity (Wildman–Crippen MR) is 90.9 cm³/mol. The van der Waals surface area contributed by atoms with Crippen LogP contribution in [-0.2, 0) is 20.0 Å². The zero-order chi connectivity index (χ0) is 16.8. The molecule has 0 radical (unpaired) electrons. The first-order valence-corrected chi connectivity index (χ1v) is 8.37. The van der Waals surface area contributed by atoms with Crippen molar-refractivity contribution in [1.82, 2.24) is 34.5 Å². The van der Waals surface area contributed by atoms with E-state index in [1.54, 1.807) is 4.68 Å². The van der Waals surface area contributed by atoms with Crippen LogP contribution in [0.3, 0.4) is 0 Å². The molecule has 8 heteroatoms. The number of aromatic nitrogens is 7. The lowest BCUT2D eigenvalue weighted by Gasteiger charge is -2.26. The minimum Gasteiger partial charge on any atom is -0.365 e. The number of rotatable bonds is 3. The third-order valence-corrected chi connectivity index (χ3v) is 4.54. The largest absolute Gasteiger partial charge is 0.365 e. The van der Waals surface area contributed by atoms with Gasteiger partial charge in [0.2, 0.25) is 0 Å². The SMILES string of the molecule is Cc1nc(N[C@@H]2CCc3nnc(C(C)C)n3C2)c2cnn(C)c2n1. The Kier molecular flexibility index (Phi) is 3.47. The summed E-state index contributed by atoms with van der Waals surface area (Å²) < 4.78 is 4.03. The van der Waals surface area contributed by atoms with Crippen LogP contribution >= 0.6 is 0 Å². The van der Waals surface area contributed by atoms with Crippen LogP contribution in [0.1, 0.15) is 43.7 Å². The monoisotopic (exact) mass is 326 g/mol. The molecule has 3 aromatic heterocycles. The molecule has 3 aromatic rings. The number of hydrogen-bond donors (Lipinski definition) is 1. The molecule has 126 valence electrons. The van der Waals surface area contributed by atoms with Crippen LogP contribution in [0.5, 0.6) is 0 Å². The van der Waals surface area contributed by atoms with Crippen LogP contribution in [0.2, 0.25) is 0 Å². The molecule has 0 fully saturated rings. The Labute approximate surface area is 140 Å². The summed E-state index contributed by atoms with van der Waals surface area (Å²) in [5, 5.41) is 17.5. The van der Waals surface area contributed by atoms with Gasteiger partial charge in [0, 0.05) is 32.0 Å². The van der Waals surface area contributed by atoms with Gasteiger partial charge < -0.3 is 9.88 Å². The third-order valence-electron chi connectivity index (χ3n) is 4.54. The minimum atomic E-state index is 0.295. The van der Waals surface area contributed by atoms with Gasteiger partial charge in [0.25, 0.3) is 0 Å². The summed E-state index contributed by atoms with van der Waals surface area (Å²) in [4.78, 5) is 9.07. The smallest absolute Gasteiger partial charge is 0.163 e. The summed E-state index contributed by atoms with van der Waals surface area (Å²) in [7, 11) is 1.90. The molecule has 0 aliphatic carbocycles. The van der Waals surface area contributed by atoms with Crippen molar-refractivity contribution in [2.24, 2.45) is 7.05 Å². The fourth-order valence-corrected chi connectivity index (χ4v) is 3.33. The fourth-order valence-electron chi connectivity index (χ4n) is 3.33. The summed E-state index contributed by atoms with van der Waals surface area (Å²) >= 11 is 0. The first kappa shape index (κ1) is 15.0. The molecular formula is C16H22N8. The van der Waals surface area contributed by atoms with E-state index in [0.717, 1.165) is 53.7 Å². The van der Waals surface area contributed by atoms with Crippen molar-refractivity contribution in [2.45, 2.75) is 52.1 Å². The van der Waals surface area contributed by atoms with E-state index in [2.05, 4.69) is 49.0 Å². The first-order chi connectivity index (χ1) is 11.5. The Bertz CT molecular complexity index is 891. The van der Waals surface area contributed by atoms with Crippen molar-refractivity contribution >= 4 is 16.9 Å². The minimum absolute atomic E-state index is 0.295. The number of aryl methyl sites for hydroxylation is 3. The summed E-state index contributed by atoms with van der Waals surface area (Å²) in [5.74, 6) is 4.12. The van der Waals surface area contributed by atoms with Crippen LogP contribution in [0.4, 0.5) is 5.82 Å². The van der Waals surface area contributed by atoms with Crippen LogP contribution in [0, 0.1) is 6.92 Å². The first-order valence-electron chi connectivity index (χ1n) is 8.37. The maximum atomic E-state index is 4.59. The Morgan fingerprint density at radius 3 is 2.88 bits per heavy atom. The van der Waals surface area contributed by atoms with E-state index in [4.69, 9.17) is 0 Å². The normalized spacial score (nSPS) is 17.5. The second kappa shape index (κ2) is 5.54. The Morgan fingerprint density at radius 2 is 2.08 bits per heavy atom. The van der Waals surface area contributed by atoms with Gasteiger partial charge in [-0.05, 0) is 13.3 Å². The second-order valence-electron chi connectivity index (χ2n) is 6.74. The Morgan fingerprint density at radius 1 is 1.25 bits per heavy atom. The molecule has 0 spiro atoms. The van der Waals surface area contributed by atoms with Gasteiger partial charge in [0.1, 0.15) is 23.3 Å². The zero-order valence-electron chi connectivity index (χ0n) is 14.5. The molecule has 0 unspecified atom stereocenters. The van der Waals surface area contributed by atoms with Crippen LogP contribution in [0.15, 0.2) is 6.20 Å². The van der Waals surface area contributed by atoms with E-state index in [9.17, 15) is 0 Å². The number of anilines is 1. The Balaban J connectivity index is 1.64. The molecule has 0 amide bonds. The molecule has 8 nitrogen and oxygen atoms in total. The highest BCUT2D eigenvalue weighted by Crippen LogP contribution is 2.25. The van der Waals surface area contributed by atoms with Crippen LogP contribution in [-0.4, -0.2) is 40.6 Å². The maximum absolute atomic E-state index is 4.59. The van der Waals surface area contributed by atoms with Crippen LogP contribution in [0.25, 0.3) is 11.0 Å². The highest BCUT2D eigenvalue weighted by atomic mass is 15.3. The summed E-state index contributed by atoms with van der Waals surface area (Å²) in [6.45, 7) is 7.08. The van der Waals surface area contributed by atoms with Crippen molar-refractivity contribution in [3.05, 3.63) is 23.7 Å². The topological polar surface area (TPSA) is 86.3 Å². The van der Waals surface area contributed by atoms with Crippen molar-refractivity contribution in [3.63, 3.8) is 0 Å². The number of fused-ring (bicyclic) bond motifs is 2. The standard InChI is InChI=1S/C16H22N8/c1-9(2)15-22-21-13-6-5-11(8-24(13)15)20-14-12-7-17-23(4)16(12)19-10(3)18-14/h7,9,11H,5-6,8H2,1-4H3,(H,18,19,20)/t11-/m1/s1. The van der Waals surface area contributed by atoms with Crippen molar-refractivity contribution in [2.75, 3.05) is 5.32 Å². The fraction of sp³-hybridized carbons (Fsp3) is 0.562. The van der Waals surface area contributed by atoms with Crippen molar-refractivity contribution in [1.29, 1.82) is 0 Å². The van der Waals surface area contributed by atoms with E-state index in [-0.39, 0.29) is 0 Å². The molecule has 1 atom stereocenters. The molecular weight excluding hydrogens is 304 g/mol. The molecule has 0 saturated heterocycles. The van der Waals surface area contributed by atoms with Gasteiger partial charge in [-0.15, -0.1) is 10.2 Å². The number of nitrogens with one attached hydrogen (secondary N) is 1. The lowest BCUT2D eigenvalue weighted by molar-refractivity contribution is 0.459. The number of nitrogens with zero attached hydrogens (tertiary/aromatic N) is 7. The van der Waals surface area contributed by atoms with E-state index >= 15 is 0 Å². The van der Waals surface area contributed by atoms with Gasteiger partial charge in [0.05, 0.1) is 11.6 Å². The predicted octanol–water partition coefficient (Wildman–Crippen LogP) is 1.81. The molecule has 0 aromatic carbocycles. The molecule has 1 N–H and O–H groups in total. The zero-order valence-corrected chi connectivity index (χ0v) is 14.5. The molecule has 4 rings (SSSR count). The average Bonchev–Trinajstić information content (AvgIpc) is 3.11. The highest BCUT2D eigenvalue weighted by molar-refractivity contribution is 5.86. The van der Waals surface area contributed by atoms with Gasteiger partial charge in [-0.2, -0.15) is 5.10 Å². The van der Waals surface area contributed by atoms with E-state index < -0.39 is 0 Å². The molecule has 4 heterocycles. The van der Waals surface area contributed by atoms with Gasteiger partial charge in [-0.25, -0.2) is 9.97 Å². The lowest BCUT2D eigenvalue weighted by Crippen LogP contribution is -2.32. The molecule has 1 aliphatic rings. The number of hydrogen-bond acceptors (Lipinski definition) is 6. The van der Waals surface area contributed by atoms with Gasteiger partial charge >= 0.3 is 0 Å². The van der Waals surface area contributed by atoms with E-state index in [0.29, 0.717) is 12.0 Å². The molecule has 24 heavy (non-hydrogen) atoms. The van der Waals surface area contributed by atoms with Crippen molar-refractivity contribution < 1.29 is 0 Å². The summed E-state index contributed by atoms with van der Waals surface area (Å²) in [6, 6.07) is 0.295. The second-order valence-corrected chi connectivity index (χ2v) is 6.74. The lowest BCUT2D eigenvalue weighted by atomic mass is 10.1.